The molecule has 3 rings (SSSR count). The van der Waals surface area contributed by atoms with Gasteiger partial charge >= 0.3 is 0 Å². The Labute approximate surface area is 154 Å². The molecule has 0 radical (unpaired) electrons. The Morgan fingerprint density at radius 3 is 2.60 bits per heavy atom. The highest BCUT2D eigenvalue weighted by Crippen LogP contribution is 2.22. The number of rotatable bonds is 4. The smallest absolute Gasteiger partial charge is 0.253 e. The van der Waals surface area contributed by atoms with Gasteiger partial charge in [0.2, 0.25) is 5.91 Å². The summed E-state index contributed by atoms with van der Waals surface area (Å²) in [4.78, 5) is 27.5. The summed E-state index contributed by atoms with van der Waals surface area (Å²) in [6, 6.07) is 11.6. The monoisotopic (exact) mass is 404 g/mol. The summed E-state index contributed by atoms with van der Waals surface area (Å²) in [5.74, 6) is -0.425. The molecule has 1 heterocycles. The Bertz CT molecular complexity index is 808. The van der Waals surface area contributed by atoms with Gasteiger partial charge in [-0.2, -0.15) is 0 Å². The van der Waals surface area contributed by atoms with Crippen molar-refractivity contribution in [1.29, 1.82) is 0 Å². The summed E-state index contributed by atoms with van der Waals surface area (Å²) >= 11 is 3.31. The van der Waals surface area contributed by atoms with E-state index in [4.69, 9.17) is 0 Å². The first-order valence-corrected chi connectivity index (χ1v) is 8.85. The van der Waals surface area contributed by atoms with E-state index in [1.807, 2.05) is 0 Å². The third kappa shape index (κ3) is 3.90. The summed E-state index contributed by atoms with van der Waals surface area (Å²) in [6.07, 6.45) is 1.43. The van der Waals surface area contributed by atoms with Crippen LogP contribution in [0.1, 0.15) is 28.8 Å². The van der Waals surface area contributed by atoms with E-state index in [2.05, 4.69) is 15.9 Å². The van der Waals surface area contributed by atoms with E-state index in [0.29, 0.717) is 24.1 Å². The first kappa shape index (κ1) is 17.6. The second-order valence-electron chi connectivity index (χ2n) is 6.09. The minimum Gasteiger partial charge on any atom is -0.337 e. The molecule has 0 bridgehead atoms. The average Bonchev–Trinajstić information content (AvgIpc) is 3.03. The molecule has 0 aliphatic carbocycles. The van der Waals surface area contributed by atoms with Crippen molar-refractivity contribution >= 4 is 33.4 Å². The van der Waals surface area contributed by atoms with Gasteiger partial charge in [-0.05, 0) is 48.9 Å². The topological polar surface area (TPSA) is 40.6 Å². The minimum atomic E-state index is -0.342. The maximum absolute atomic E-state index is 13.9. The van der Waals surface area contributed by atoms with Crippen molar-refractivity contribution in [3.8, 4) is 0 Å². The van der Waals surface area contributed by atoms with E-state index < -0.39 is 0 Å². The van der Waals surface area contributed by atoms with Gasteiger partial charge in [-0.3, -0.25) is 9.59 Å². The van der Waals surface area contributed by atoms with Crippen LogP contribution in [0.15, 0.2) is 46.9 Å². The summed E-state index contributed by atoms with van der Waals surface area (Å²) < 4.78 is 14.6. The lowest BCUT2D eigenvalue weighted by Gasteiger charge is -2.19. The Balaban J connectivity index is 1.71. The van der Waals surface area contributed by atoms with Crippen LogP contribution in [-0.4, -0.2) is 30.3 Å². The molecule has 6 heteroatoms. The maximum atomic E-state index is 13.9. The van der Waals surface area contributed by atoms with Gasteiger partial charge in [-0.25, -0.2) is 4.39 Å². The molecule has 0 saturated carbocycles. The summed E-state index contributed by atoms with van der Waals surface area (Å²) in [5.41, 5.74) is 1.76. The van der Waals surface area contributed by atoms with Crippen LogP contribution < -0.4 is 4.90 Å². The van der Waals surface area contributed by atoms with Gasteiger partial charge in [0.15, 0.2) is 0 Å². The largest absolute Gasteiger partial charge is 0.337 e. The molecular weight excluding hydrogens is 387 g/mol. The molecule has 1 fully saturated rings. The molecule has 2 aromatic rings. The number of carbonyl (C=O) groups excluding carboxylic acids is 2. The molecule has 2 aromatic carbocycles. The van der Waals surface area contributed by atoms with Crippen LogP contribution in [0.5, 0.6) is 0 Å². The number of amides is 2. The number of halogens is 2. The van der Waals surface area contributed by atoms with Gasteiger partial charge in [0, 0.05) is 47.8 Å². The summed E-state index contributed by atoms with van der Waals surface area (Å²) in [7, 11) is 1.64. The van der Waals surface area contributed by atoms with Crippen molar-refractivity contribution < 1.29 is 14.0 Å². The summed E-state index contributed by atoms with van der Waals surface area (Å²) in [5, 5.41) is 0. The van der Waals surface area contributed by atoms with Crippen LogP contribution >= 0.6 is 15.9 Å². The molecule has 0 N–H and O–H groups in total. The fourth-order valence-electron chi connectivity index (χ4n) is 2.92. The van der Waals surface area contributed by atoms with Crippen molar-refractivity contribution in [2.45, 2.75) is 19.4 Å². The van der Waals surface area contributed by atoms with E-state index in [9.17, 15) is 14.0 Å². The third-order valence-corrected chi connectivity index (χ3v) is 4.75. The Hall–Kier alpha value is -2.21. The van der Waals surface area contributed by atoms with Crippen molar-refractivity contribution in [1.82, 2.24) is 4.90 Å². The van der Waals surface area contributed by atoms with Crippen molar-refractivity contribution in [3.05, 3.63) is 63.9 Å². The molecule has 0 aromatic heterocycles. The molecule has 130 valence electrons. The van der Waals surface area contributed by atoms with Gasteiger partial charge in [-0.1, -0.05) is 15.9 Å². The highest BCUT2D eigenvalue weighted by molar-refractivity contribution is 9.10. The second-order valence-corrected chi connectivity index (χ2v) is 7.01. The van der Waals surface area contributed by atoms with Gasteiger partial charge < -0.3 is 9.80 Å². The number of carbonyl (C=O) groups is 2. The highest BCUT2D eigenvalue weighted by atomic mass is 79.9. The lowest BCUT2D eigenvalue weighted by atomic mass is 10.1. The molecule has 0 unspecified atom stereocenters. The highest BCUT2D eigenvalue weighted by Gasteiger charge is 2.22. The van der Waals surface area contributed by atoms with Crippen LogP contribution in [-0.2, 0) is 11.3 Å². The number of hydrogen-bond acceptors (Lipinski definition) is 2. The van der Waals surface area contributed by atoms with E-state index in [1.54, 1.807) is 48.3 Å². The van der Waals surface area contributed by atoms with E-state index in [1.165, 1.54) is 11.0 Å². The first-order valence-electron chi connectivity index (χ1n) is 8.05. The fraction of sp³-hybridized carbons (Fsp3) is 0.263. The molecule has 4 nitrogen and oxygen atoms in total. The van der Waals surface area contributed by atoms with Crippen LogP contribution in [0.2, 0.25) is 0 Å². The first-order chi connectivity index (χ1) is 12.0. The molecule has 0 atom stereocenters. The van der Waals surface area contributed by atoms with Crippen molar-refractivity contribution in [2.75, 3.05) is 18.5 Å². The predicted molar refractivity (Wildman–Crippen MR) is 97.9 cm³/mol. The third-order valence-electron chi connectivity index (χ3n) is 4.26. The molecule has 1 saturated heterocycles. The van der Waals surface area contributed by atoms with Crippen LogP contribution in [0.25, 0.3) is 0 Å². The molecule has 2 amide bonds. The van der Waals surface area contributed by atoms with Crippen molar-refractivity contribution in [3.63, 3.8) is 0 Å². The minimum absolute atomic E-state index is 0.112. The van der Waals surface area contributed by atoms with Crippen LogP contribution in [0.3, 0.4) is 0 Å². The van der Waals surface area contributed by atoms with Gasteiger partial charge in [0.25, 0.3) is 5.91 Å². The van der Waals surface area contributed by atoms with Gasteiger partial charge in [-0.15, -0.1) is 0 Å². The fourth-order valence-corrected chi connectivity index (χ4v) is 3.33. The number of anilines is 1. The van der Waals surface area contributed by atoms with E-state index in [-0.39, 0.29) is 24.2 Å². The number of benzene rings is 2. The number of hydrogen-bond donors (Lipinski definition) is 0. The maximum Gasteiger partial charge on any atom is 0.253 e. The Morgan fingerprint density at radius 1 is 1.24 bits per heavy atom. The number of nitrogens with zero attached hydrogens (tertiary/aromatic N) is 2. The Morgan fingerprint density at radius 2 is 1.96 bits per heavy atom. The molecule has 25 heavy (non-hydrogen) atoms. The second kappa shape index (κ2) is 7.35. The van der Waals surface area contributed by atoms with Gasteiger partial charge in [0.05, 0.1) is 0 Å². The molecule has 1 aliphatic heterocycles. The zero-order chi connectivity index (χ0) is 18.0. The lowest BCUT2D eigenvalue weighted by molar-refractivity contribution is -0.117. The lowest BCUT2D eigenvalue weighted by Crippen LogP contribution is -2.27. The van der Waals surface area contributed by atoms with Crippen molar-refractivity contribution in [2.24, 2.45) is 0 Å². The molecule has 0 spiro atoms. The van der Waals surface area contributed by atoms with E-state index in [0.717, 1.165) is 16.6 Å². The van der Waals surface area contributed by atoms with Crippen LogP contribution in [0, 0.1) is 5.82 Å². The average molecular weight is 405 g/mol. The summed E-state index contributed by atoms with van der Waals surface area (Å²) in [6.45, 7) is 0.894. The van der Waals surface area contributed by atoms with E-state index >= 15 is 0 Å². The van der Waals surface area contributed by atoms with Crippen LogP contribution in [0.4, 0.5) is 10.1 Å². The standard InChI is InChI=1S/C19H18BrFN2O2/c1-22(12-14-11-15(20)6-9-17(14)21)19(25)13-4-7-16(8-5-13)23-10-2-3-18(23)24/h4-9,11H,2-3,10,12H2,1H3. The quantitative estimate of drug-likeness (QED) is 0.772. The normalized spacial score (nSPS) is 14.0. The Kier molecular flexibility index (Phi) is 5.18. The predicted octanol–water partition coefficient (Wildman–Crippen LogP) is 3.99. The zero-order valence-electron chi connectivity index (χ0n) is 13.8. The van der Waals surface area contributed by atoms with Gasteiger partial charge in [0.1, 0.15) is 5.82 Å². The molecule has 1 aliphatic rings. The zero-order valence-corrected chi connectivity index (χ0v) is 15.4. The molecular formula is C19H18BrFN2O2. The SMILES string of the molecule is CN(Cc1cc(Br)ccc1F)C(=O)c1ccc(N2CCCC2=O)cc1.